The number of aromatic nitrogens is 2. The van der Waals surface area contributed by atoms with Gasteiger partial charge in [-0.2, -0.15) is 18.2 Å². The van der Waals surface area contributed by atoms with Crippen molar-refractivity contribution in [2.45, 2.75) is 62.6 Å². The largest absolute Gasteiger partial charge is 0.463 e. The molecule has 1 aliphatic carbocycles. The molecule has 10 nitrogen and oxygen atoms in total. The molecule has 2 aliphatic heterocycles. The van der Waals surface area contributed by atoms with Crippen molar-refractivity contribution in [1.29, 1.82) is 0 Å². The molecule has 218 valence electrons. The average Bonchev–Trinajstić information content (AvgIpc) is 3.60. The van der Waals surface area contributed by atoms with Gasteiger partial charge in [0.15, 0.2) is 0 Å². The first-order valence-electron chi connectivity index (χ1n) is 13.1. The fraction of sp³-hybridized carbons (Fsp3) is 0.577. The van der Waals surface area contributed by atoms with Gasteiger partial charge in [0.05, 0.1) is 41.3 Å². The number of aryl methyl sites for hydroxylation is 1. The van der Waals surface area contributed by atoms with E-state index in [-0.39, 0.29) is 35.5 Å². The van der Waals surface area contributed by atoms with Crippen LogP contribution in [0.5, 0.6) is 6.01 Å². The predicted octanol–water partition coefficient (Wildman–Crippen LogP) is 3.82. The highest BCUT2D eigenvalue weighted by atomic mass is 32.2. The Kier molecular flexibility index (Phi) is 7.46. The number of nitrogens with zero attached hydrogens (tertiary/aromatic N) is 3. The van der Waals surface area contributed by atoms with E-state index in [9.17, 15) is 26.4 Å². The average molecular weight is 584 g/mol. The van der Waals surface area contributed by atoms with Crippen LogP contribution < -0.4 is 19.7 Å². The molecule has 2 N–H and O–H groups in total. The van der Waals surface area contributed by atoms with Crippen LogP contribution in [0.1, 0.15) is 55.1 Å². The summed E-state index contributed by atoms with van der Waals surface area (Å²) in [5, 5.41) is 2.67. The van der Waals surface area contributed by atoms with Gasteiger partial charge >= 0.3 is 12.2 Å². The van der Waals surface area contributed by atoms with E-state index in [1.165, 1.54) is 37.1 Å². The predicted molar refractivity (Wildman–Crippen MR) is 140 cm³/mol. The Hall–Kier alpha value is -2.97. The Balaban J connectivity index is 1.39. The molecule has 2 saturated heterocycles. The molecule has 40 heavy (non-hydrogen) atoms. The Labute approximate surface area is 230 Å². The van der Waals surface area contributed by atoms with Gasteiger partial charge in [0.25, 0.3) is 5.91 Å². The monoisotopic (exact) mass is 583 g/mol. The van der Waals surface area contributed by atoms with E-state index in [1.54, 1.807) is 13.8 Å². The van der Waals surface area contributed by atoms with Crippen molar-refractivity contribution < 1.29 is 35.9 Å². The van der Waals surface area contributed by atoms with Crippen LogP contribution in [-0.2, 0) is 14.8 Å². The van der Waals surface area contributed by atoms with Gasteiger partial charge in [-0.15, -0.1) is 0 Å². The minimum absolute atomic E-state index is 0.0390. The van der Waals surface area contributed by atoms with E-state index in [1.807, 2.05) is 4.90 Å². The lowest BCUT2D eigenvalue weighted by Crippen LogP contribution is -2.59. The summed E-state index contributed by atoms with van der Waals surface area (Å²) in [7, 11) is -3.89. The molecule has 1 saturated carbocycles. The summed E-state index contributed by atoms with van der Waals surface area (Å²) in [5.74, 6) is -0.491. The molecular weight excluding hydrogens is 551 g/mol. The lowest BCUT2D eigenvalue weighted by Gasteiger charge is -2.38. The molecule has 3 fully saturated rings. The third-order valence-electron chi connectivity index (χ3n) is 7.56. The Morgan fingerprint density at radius 3 is 2.42 bits per heavy atom. The van der Waals surface area contributed by atoms with Crippen molar-refractivity contribution in [3.63, 3.8) is 0 Å². The van der Waals surface area contributed by atoms with Crippen LogP contribution in [0.4, 0.5) is 24.7 Å². The van der Waals surface area contributed by atoms with Gasteiger partial charge in [-0.25, -0.2) is 18.1 Å². The van der Waals surface area contributed by atoms with E-state index >= 15 is 0 Å². The maximum absolute atomic E-state index is 13.5. The van der Waals surface area contributed by atoms with Gasteiger partial charge in [0.2, 0.25) is 10.0 Å². The number of anilines is 2. The van der Waals surface area contributed by atoms with Crippen LogP contribution in [0.3, 0.4) is 0 Å². The molecule has 1 spiro atoms. The van der Waals surface area contributed by atoms with E-state index in [0.717, 1.165) is 12.8 Å². The molecule has 14 heteroatoms. The zero-order chi connectivity index (χ0) is 28.8. The minimum atomic E-state index is -4.39. The number of benzene rings is 1. The zero-order valence-electron chi connectivity index (χ0n) is 22.3. The van der Waals surface area contributed by atoms with Gasteiger partial charge < -0.3 is 19.7 Å². The number of rotatable bonds is 9. The summed E-state index contributed by atoms with van der Waals surface area (Å²) in [4.78, 5) is 23.5. The first-order valence-corrected chi connectivity index (χ1v) is 14.6. The number of amides is 1. The maximum atomic E-state index is 13.5. The van der Waals surface area contributed by atoms with Crippen molar-refractivity contribution in [3.8, 4) is 6.01 Å². The number of carbonyl (C=O) groups excluding carboxylic acids is 1. The molecule has 0 atom stereocenters. The molecule has 0 bridgehead atoms. The van der Waals surface area contributed by atoms with Gasteiger partial charge in [-0.3, -0.25) is 4.79 Å². The molecule has 2 aromatic rings. The highest BCUT2D eigenvalue weighted by molar-refractivity contribution is 7.89. The number of hydrogen-bond acceptors (Lipinski definition) is 8. The zero-order valence-corrected chi connectivity index (χ0v) is 23.1. The molecular formula is C26H32F3N5O5S. The SMILES string of the molecule is Cc1cc(NC(=O)c2ccc(S(=O)(=O)NC3(C)COC3)cc2N2CCC3(CC2)CC3)nc(OCCC(F)(F)F)n1. The summed E-state index contributed by atoms with van der Waals surface area (Å²) >= 11 is 0. The Bertz CT molecular complexity index is 1380. The topological polar surface area (TPSA) is 123 Å². The highest BCUT2D eigenvalue weighted by Crippen LogP contribution is 2.54. The summed E-state index contributed by atoms with van der Waals surface area (Å²) in [6, 6.07) is 5.55. The number of carbonyl (C=O) groups is 1. The lowest BCUT2D eigenvalue weighted by atomic mass is 9.93. The first kappa shape index (κ1) is 28.6. The first-order chi connectivity index (χ1) is 18.7. The van der Waals surface area contributed by atoms with Gasteiger partial charge in [0, 0.05) is 24.8 Å². The number of alkyl halides is 3. The molecule has 1 amide bonds. The fourth-order valence-electron chi connectivity index (χ4n) is 4.99. The van der Waals surface area contributed by atoms with Crippen LogP contribution in [0.2, 0.25) is 0 Å². The number of sulfonamides is 1. The van der Waals surface area contributed by atoms with E-state index < -0.39 is 40.7 Å². The second kappa shape index (κ2) is 10.5. The number of nitrogens with one attached hydrogen (secondary N) is 2. The normalized spacial score (nSPS) is 19.7. The second-order valence-electron chi connectivity index (χ2n) is 11.2. The molecule has 0 radical (unpaired) electrons. The van der Waals surface area contributed by atoms with Crippen LogP contribution in [0.15, 0.2) is 29.2 Å². The van der Waals surface area contributed by atoms with Gasteiger partial charge in [-0.1, -0.05) is 0 Å². The Morgan fingerprint density at radius 1 is 1.12 bits per heavy atom. The molecule has 3 aliphatic rings. The van der Waals surface area contributed by atoms with Gasteiger partial charge in [0.1, 0.15) is 12.4 Å². The summed E-state index contributed by atoms with van der Waals surface area (Å²) in [6.45, 7) is 4.62. The molecule has 3 heterocycles. The van der Waals surface area contributed by atoms with Gasteiger partial charge in [-0.05, 0) is 63.1 Å². The Morgan fingerprint density at radius 2 is 1.82 bits per heavy atom. The molecule has 5 rings (SSSR count). The van der Waals surface area contributed by atoms with Crippen LogP contribution in [-0.4, -0.2) is 68.9 Å². The second-order valence-corrected chi connectivity index (χ2v) is 12.9. The standard InChI is InChI=1S/C26H32F3N5O5S/c1-17-13-21(32-23(30-17)39-12-9-26(27,28)29)31-22(35)19-4-3-18(40(36,37)33-24(2)15-38-16-24)14-20(19)34-10-7-25(5-6-25)8-11-34/h3-4,13-14,33H,5-12,15-16H2,1-2H3,(H,30,31,32,35). The van der Waals surface area contributed by atoms with Crippen molar-refractivity contribution in [1.82, 2.24) is 14.7 Å². The van der Waals surface area contributed by atoms with Crippen LogP contribution in [0, 0.1) is 12.3 Å². The number of hydrogen-bond donors (Lipinski definition) is 2. The highest BCUT2D eigenvalue weighted by Gasteiger charge is 2.45. The van der Waals surface area contributed by atoms with Crippen LogP contribution >= 0.6 is 0 Å². The smallest absolute Gasteiger partial charge is 0.392 e. The van der Waals surface area contributed by atoms with Crippen molar-refractivity contribution in [2.75, 3.05) is 43.1 Å². The quantitative estimate of drug-likeness (QED) is 0.457. The van der Waals surface area contributed by atoms with Crippen molar-refractivity contribution in [3.05, 3.63) is 35.5 Å². The van der Waals surface area contributed by atoms with Crippen molar-refractivity contribution >= 4 is 27.4 Å². The van der Waals surface area contributed by atoms with E-state index in [0.29, 0.717) is 29.9 Å². The third-order valence-corrected chi connectivity index (χ3v) is 9.20. The van der Waals surface area contributed by atoms with Crippen molar-refractivity contribution in [2.24, 2.45) is 5.41 Å². The minimum Gasteiger partial charge on any atom is -0.463 e. The fourth-order valence-corrected chi connectivity index (χ4v) is 6.39. The van der Waals surface area contributed by atoms with E-state index in [4.69, 9.17) is 9.47 Å². The summed E-state index contributed by atoms with van der Waals surface area (Å²) in [5.41, 5.74) is 0.796. The molecule has 1 aromatic carbocycles. The third kappa shape index (κ3) is 6.66. The summed E-state index contributed by atoms with van der Waals surface area (Å²) < 4.78 is 76.8. The number of halogens is 3. The molecule has 0 unspecified atom stereocenters. The lowest BCUT2D eigenvalue weighted by molar-refractivity contribution is -0.139. The number of piperidine rings is 1. The molecule has 1 aromatic heterocycles. The van der Waals surface area contributed by atoms with Crippen LogP contribution in [0.25, 0.3) is 0 Å². The maximum Gasteiger partial charge on any atom is 0.392 e. The number of ether oxygens (including phenoxy) is 2. The summed E-state index contributed by atoms with van der Waals surface area (Å²) in [6.07, 6.45) is -1.25. The van der Waals surface area contributed by atoms with E-state index in [2.05, 4.69) is 20.0 Å².